The second-order valence-electron chi connectivity index (χ2n) is 7.14. The van der Waals surface area contributed by atoms with E-state index in [0.717, 1.165) is 19.3 Å². The Morgan fingerprint density at radius 1 is 1.35 bits per heavy atom. The second-order valence-corrected chi connectivity index (χ2v) is 7.14. The van der Waals surface area contributed by atoms with Gasteiger partial charge < -0.3 is 0 Å². The Morgan fingerprint density at radius 2 is 2.00 bits per heavy atom. The quantitative estimate of drug-likeness (QED) is 0.627. The molecule has 0 heterocycles. The minimum absolute atomic E-state index is 0.130. The average molecular weight is 230 g/mol. The minimum atomic E-state index is -0.142. The van der Waals surface area contributed by atoms with Gasteiger partial charge in [-0.1, -0.05) is 38.2 Å². The average Bonchev–Trinajstić information content (AvgIpc) is 2.47. The first kappa shape index (κ1) is 11.3. The number of fused-ring (bicyclic) bond motifs is 1. The molecule has 1 heteroatoms. The maximum absolute atomic E-state index is 12.7. The molecular formula is C16H22O. The van der Waals surface area contributed by atoms with Crippen molar-refractivity contribution < 1.29 is 4.79 Å². The molecule has 1 unspecified atom stereocenters. The van der Waals surface area contributed by atoms with Crippen LogP contribution >= 0.6 is 0 Å². The highest BCUT2D eigenvalue weighted by Gasteiger charge is 2.67. The van der Waals surface area contributed by atoms with Crippen molar-refractivity contribution in [3.8, 4) is 0 Å². The van der Waals surface area contributed by atoms with Gasteiger partial charge >= 0.3 is 0 Å². The molecule has 4 aliphatic rings. The van der Waals surface area contributed by atoms with Crippen molar-refractivity contribution >= 4 is 5.78 Å². The molecular weight excluding hydrogens is 208 g/mol. The summed E-state index contributed by atoms with van der Waals surface area (Å²) in [5.41, 5.74) is 2.32. The summed E-state index contributed by atoms with van der Waals surface area (Å²) >= 11 is 0. The molecule has 0 aliphatic heterocycles. The van der Waals surface area contributed by atoms with Gasteiger partial charge in [-0.25, -0.2) is 0 Å². The molecule has 17 heavy (non-hydrogen) atoms. The lowest BCUT2D eigenvalue weighted by atomic mass is 9.48. The van der Waals surface area contributed by atoms with E-state index in [1.54, 1.807) is 0 Å². The van der Waals surface area contributed by atoms with Gasteiger partial charge in [0.1, 0.15) is 5.78 Å². The summed E-state index contributed by atoms with van der Waals surface area (Å²) in [4.78, 5) is 12.7. The van der Waals surface area contributed by atoms with Crippen molar-refractivity contribution in [3.05, 3.63) is 24.3 Å². The van der Waals surface area contributed by atoms with Gasteiger partial charge in [0.05, 0.1) is 0 Å². The van der Waals surface area contributed by atoms with Crippen LogP contribution in [-0.4, -0.2) is 5.78 Å². The molecule has 4 bridgehead atoms. The van der Waals surface area contributed by atoms with E-state index in [1.165, 1.54) is 11.1 Å². The van der Waals surface area contributed by atoms with Crippen LogP contribution in [0.3, 0.4) is 0 Å². The maximum Gasteiger partial charge on any atom is 0.145 e. The molecule has 4 rings (SSSR count). The zero-order chi connectivity index (χ0) is 12.6. The molecule has 0 N–H and O–H groups in total. The third-order valence-electron chi connectivity index (χ3n) is 5.72. The first-order valence-corrected chi connectivity index (χ1v) is 6.67. The largest absolute Gasteiger partial charge is 0.298 e. The fourth-order valence-corrected chi connectivity index (χ4v) is 5.29. The Morgan fingerprint density at radius 3 is 2.59 bits per heavy atom. The number of carbonyl (C=O) groups is 1. The van der Waals surface area contributed by atoms with Crippen molar-refractivity contribution in [2.24, 2.45) is 28.6 Å². The molecule has 0 aromatic carbocycles. The lowest BCUT2D eigenvalue weighted by Crippen LogP contribution is -2.54. The third kappa shape index (κ3) is 1.13. The molecule has 0 saturated heterocycles. The fraction of sp³-hybridized carbons (Fsp3) is 0.688. The van der Waals surface area contributed by atoms with Crippen molar-refractivity contribution in [3.63, 3.8) is 0 Å². The van der Waals surface area contributed by atoms with E-state index >= 15 is 0 Å². The van der Waals surface area contributed by atoms with Crippen LogP contribution in [0.25, 0.3) is 0 Å². The highest BCUT2D eigenvalue weighted by Crippen LogP contribution is 2.69. The van der Waals surface area contributed by atoms with Gasteiger partial charge in [0.25, 0.3) is 0 Å². The summed E-state index contributed by atoms with van der Waals surface area (Å²) in [5.74, 6) is 2.09. The predicted molar refractivity (Wildman–Crippen MR) is 69.5 cm³/mol. The van der Waals surface area contributed by atoms with Crippen molar-refractivity contribution in [1.82, 2.24) is 0 Å². The Hall–Kier alpha value is -0.850. The number of allylic oxidation sites excluding steroid dienone is 2. The van der Waals surface area contributed by atoms with Gasteiger partial charge in [-0.2, -0.15) is 0 Å². The first-order valence-electron chi connectivity index (χ1n) is 6.67. The predicted octanol–water partition coefficient (Wildman–Crippen LogP) is 3.76. The highest BCUT2D eigenvalue weighted by atomic mass is 16.1. The van der Waals surface area contributed by atoms with Crippen LogP contribution in [0, 0.1) is 28.6 Å². The van der Waals surface area contributed by atoms with Gasteiger partial charge in [0.2, 0.25) is 0 Å². The third-order valence-corrected chi connectivity index (χ3v) is 5.72. The smallest absolute Gasteiger partial charge is 0.145 e. The molecule has 1 nitrogen and oxygen atoms in total. The van der Waals surface area contributed by atoms with E-state index in [0.29, 0.717) is 23.5 Å². The molecule has 4 fully saturated rings. The highest BCUT2D eigenvalue weighted by molar-refractivity contribution is 5.94. The normalized spacial score (nSPS) is 52.1. The summed E-state index contributed by atoms with van der Waals surface area (Å²) in [5, 5.41) is 0. The van der Waals surface area contributed by atoms with Crippen LogP contribution in [-0.2, 0) is 4.79 Å². The Balaban J connectivity index is 2.15. The van der Waals surface area contributed by atoms with Crippen molar-refractivity contribution in [2.45, 2.75) is 40.0 Å². The zero-order valence-electron chi connectivity index (χ0n) is 11.2. The monoisotopic (exact) mass is 230 g/mol. The molecule has 0 amide bonds. The molecule has 0 aromatic rings. The molecule has 92 valence electrons. The van der Waals surface area contributed by atoms with E-state index in [-0.39, 0.29) is 10.8 Å². The van der Waals surface area contributed by atoms with Gasteiger partial charge in [0.15, 0.2) is 0 Å². The maximum atomic E-state index is 12.7. The Kier molecular flexibility index (Phi) is 1.94. The molecule has 0 aromatic heterocycles. The Labute approximate surface area is 104 Å². The van der Waals surface area contributed by atoms with Gasteiger partial charge in [-0.3, -0.25) is 4.79 Å². The van der Waals surface area contributed by atoms with Gasteiger partial charge in [-0.15, -0.1) is 0 Å². The van der Waals surface area contributed by atoms with E-state index in [9.17, 15) is 4.79 Å². The van der Waals surface area contributed by atoms with E-state index < -0.39 is 0 Å². The molecule has 0 radical (unpaired) electrons. The van der Waals surface area contributed by atoms with Gasteiger partial charge in [-0.05, 0) is 43.9 Å². The second kappa shape index (κ2) is 2.93. The minimum Gasteiger partial charge on any atom is -0.298 e. The van der Waals surface area contributed by atoms with E-state index in [1.807, 2.05) is 0 Å². The summed E-state index contributed by atoms with van der Waals surface area (Å²) in [6.45, 7) is 14.9. The van der Waals surface area contributed by atoms with Crippen LogP contribution in [0.5, 0.6) is 0 Å². The summed E-state index contributed by atoms with van der Waals surface area (Å²) in [6.07, 6.45) is 2.99. The topological polar surface area (TPSA) is 17.1 Å². The number of ketones is 1. The Bertz CT molecular complexity index is 446. The zero-order valence-corrected chi connectivity index (χ0v) is 11.2. The lowest BCUT2D eigenvalue weighted by molar-refractivity contribution is -0.148. The van der Waals surface area contributed by atoms with E-state index in [4.69, 9.17) is 0 Å². The van der Waals surface area contributed by atoms with Crippen LogP contribution < -0.4 is 0 Å². The first-order chi connectivity index (χ1) is 7.79. The number of carbonyl (C=O) groups excluding carboxylic acids is 1. The molecule has 4 aliphatic carbocycles. The molecule has 5 atom stereocenters. The standard InChI is InChI=1S/C16H22O/c1-9(2)11-8-16(5)13-10(3)6-15(4,14(16)17)7-12(11)13/h11-13H,1,3,6-8H2,2,4-5H3/t11?,12-,13-,15+,16+/m1/s1. The summed E-state index contributed by atoms with van der Waals surface area (Å²) in [6, 6.07) is 0. The lowest BCUT2D eigenvalue weighted by Gasteiger charge is -2.54. The van der Waals surface area contributed by atoms with E-state index in [2.05, 4.69) is 33.9 Å². The van der Waals surface area contributed by atoms with Crippen LogP contribution in [0.15, 0.2) is 24.3 Å². The summed E-state index contributed by atoms with van der Waals surface area (Å²) in [7, 11) is 0. The fourth-order valence-electron chi connectivity index (χ4n) is 5.29. The van der Waals surface area contributed by atoms with Crippen LogP contribution in [0.4, 0.5) is 0 Å². The van der Waals surface area contributed by atoms with Crippen molar-refractivity contribution in [2.75, 3.05) is 0 Å². The summed E-state index contributed by atoms with van der Waals surface area (Å²) < 4.78 is 0. The number of hydrogen-bond acceptors (Lipinski definition) is 1. The number of rotatable bonds is 1. The van der Waals surface area contributed by atoms with Gasteiger partial charge in [0, 0.05) is 10.8 Å². The number of Topliss-reactive ketones (excluding diaryl/α,β-unsaturated/α-hetero) is 1. The van der Waals surface area contributed by atoms with Crippen LogP contribution in [0.2, 0.25) is 0 Å². The van der Waals surface area contributed by atoms with Crippen molar-refractivity contribution in [1.29, 1.82) is 0 Å². The molecule has 0 spiro atoms. The SMILES string of the molecule is C=C(C)C1C[C@]2(C)C(=O)[C@@]3(C)CC(=C)[C@@H]2[C@@H]1C3. The number of hydrogen-bond donors (Lipinski definition) is 0. The molecule has 4 saturated carbocycles. The van der Waals surface area contributed by atoms with Crippen LogP contribution in [0.1, 0.15) is 40.0 Å².